The van der Waals surface area contributed by atoms with E-state index in [9.17, 15) is 0 Å². The molecule has 0 bridgehead atoms. The van der Waals surface area contributed by atoms with E-state index < -0.39 is 16.5 Å². The van der Waals surface area contributed by atoms with Crippen LogP contribution in [0.5, 0.6) is 0 Å². The van der Waals surface area contributed by atoms with E-state index >= 15 is 0 Å². The van der Waals surface area contributed by atoms with Crippen molar-refractivity contribution in [3.8, 4) is 0 Å². The van der Waals surface area contributed by atoms with E-state index in [-0.39, 0.29) is 0 Å². The summed E-state index contributed by atoms with van der Waals surface area (Å²) in [7, 11) is 9.75. The first-order valence-corrected chi connectivity index (χ1v) is 12.1. The molecule has 0 aliphatic heterocycles. The van der Waals surface area contributed by atoms with Gasteiger partial charge in [-0.15, -0.1) is 13.1 Å². The number of nitrogens with one attached hydrogen (secondary N) is 2. The first-order chi connectivity index (χ1) is 10.3. The van der Waals surface area contributed by atoms with Gasteiger partial charge in [0.1, 0.15) is 0 Å². The predicted molar refractivity (Wildman–Crippen MR) is 90.4 cm³/mol. The van der Waals surface area contributed by atoms with Crippen LogP contribution in [0.4, 0.5) is 0 Å². The van der Waals surface area contributed by atoms with Crippen molar-refractivity contribution in [2.45, 2.75) is 12.8 Å². The maximum Gasteiger partial charge on any atom is -0.0470 e. The van der Waals surface area contributed by atoms with Crippen LogP contribution in [0.1, 0.15) is 11.1 Å². The van der Waals surface area contributed by atoms with Crippen LogP contribution in [0, 0.1) is 0 Å². The molecule has 0 saturated heterocycles. The average molecular weight is 506 g/mol. The molecule has 0 atom stereocenters. The zero-order valence-electron chi connectivity index (χ0n) is 11.7. The van der Waals surface area contributed by atoms with Crippen molar-refractivity contribution in [1.82, 2.24) is 0 Å². The summed E-state index contributed by atoms with van der Waals surface area (Å²) in [5, 5.41) is 0. The van der Waals surface area contributed by atoms with Crippen LogP contribution in [0.3, 0.4) is 0 Å². The molecule has 0 radical (unpaired) electrons. The number of halogens is 2. The first kappa shape index (κ1) is 20.6. The summed E-state index contributed by atoms with van der Waals surface area (Å²) in [6.45, 7) is 0.980. The van der Waals surface area contributed by atoms with E-state index in [1.807, 2.05) is 36.4 Å². The Morgan fingerprint density at radius 2 is 0.952 bits per heavy atom. The molecule has 0 aromatic heterocycles. The maximum absolute atomic E-state index is 6.94. The third-order valence-electron chi connectivity index (χ3n) is 2.51. The summed E-state index contributed by atoms with van der Waals surface area (Å²) in [5.74, 6) is 0. The summed E-state index contributed by atoms with van der Waals surface area (Å²) in [6.07, 6.45) is 1.75. The minimum Gasteiger partial charge on any atom is -0.677 e. The molecule has 0 unspecified atom stereocenters. The molecule has 118 valence electrons. The second kappa shape index (κ2) is 16.0. The Hall–Kier alpha value is -0.372. The van der Waals surface area contributed by atoms with Crippen molar-refractivity contribution < 1.29 is 16.5 Å². The Morgan fingerprint density at radius 3 is 1.19 bits per heavy atom. The standard InChI is InChI=1S/2C8H10N.2ClH.Pt/c2*9-7-6-8-4-2-1-3-5-8;;;/h2*1-5,9H,6-7H2;2*1H;/q2*-1;;;+4/p-2. The smallest absolute Gasteiger partial charge is 0.0470 e. The van der Waals surface area contributed by atoms with E-state index in [1.54, 1.807) is 0 Å². The Balaban J connectivity index is 0.000000322. The summed E-state index contributed by atoms with van der Waals surface area (Å²) in [6, 6.07) is 20.2. The Labute approximate surface area is 144 Å². The van der Waals surface area contributed by atoms with Crippen molar-refractivity contribution in [1.29, 1.82) is 0 Å². The van der Waals surface area contributed by atoms with Crippen molar-refractivity contribution in [3.05, 3.63) is 83.3 Å². The van der Waals surface area contributed by atoms with E-state index in [2.05, 4.69) is 24.3 Å². The molecule has 2 rings (SSSR count). The number of benzene rings is 2. The summed E-state index contributed by atoms with van der Waals surface area (Å²) in [4.78, 5) is 0. The Kier molecular flexibility index (Phi) is 15.7. The van der Waals surface area contributed by atoms with Crippen LogP contribution in [-0.2, 0) is 29.3 Å². The van der Waals surface area contributed by atoms with Crippen LogP contribution in [0.15, 0.2) is 60.7 Å². The van der Waals surface area contributed by atoms with Gasteiger partial charge in [-0.2, -0.15) is 0 Å². The molecular weight excluding hydrogens is 486 g/mol. The Bertz CT molecular complexity index is 385. The molecule has 5 heteroatoms. The quantitative estimate of drug-likeness (QED) is 0.493. The Morgan fingerprint density at radius 1 is 0.667 bits per heavy atom. The topological polar surface area (TPSA) is 47.6 Å². The van der Waals surface area contributed by atoms with Crippen molar-refractivity contribution >= 4 is 18.8 Å². The molecule has 2 aromatic carbocycles. The molecule has 0 saturated carbocycles. The van der Waals surface area contributed by atoms with Gasteiger partial charge in [-0.25, -0.2) is 0 Å². The summed E-state index contributed by atoms with van der Waals surface area (Å²) in [5.41, 5.74) is 16.4. The fourth-order valence-corrected chi connectivity index (χ4v) is 1.58. The molecule has 2 nitrogen and oxygen atoms in total. The normalized spacial score (nSPS) is 9.14. The van der Waals surface area contributed by atoms with Crippen LogP contribution >= 0.6 is 18.8 Å². The van der Waals surface area contributed by atoms with Gasteiger partial charge in [-0.05, 0) is 24.0 Å². The maximum atomic E-state index is 6.94. The van der Waals surface area contributed by atoms with Crippen molar-refractivity contribution in [3.63, 3.8) is 0 Å². The van der Waals surface area contributed by atoms with Crippen molar-refractivity contribution in [2.75, 3.05) is 13.1 Å². The third-order valence-corrected chi connectivity index (χ3v) is 2.51. The first-order valence-electron chi connectivity index (χ1n) is 6.47. The van der Waals surface area contributed by atoms with Gasteiger partial charge in [-0.3, -0.25) is 0 Å². The van der Waals surface area contributed by atoms with E-state index in [0.29, 0.717) is 13.1 Å². The van der Waals surface area contributed by atoms with Gasteiger partial charge in [0.05, 0.1) is 0 Å². The second-order valence-electron chi connectivity index (χ2n) is 4.02. The summed E-state index contributed by atoms with van der Waals surface area (Å²) >= 11 is -0.472. The van der Waals surface area contributed by atoms with Gasteiger partial charge in [0, 0.05) is 0 Å². The molecule has 0 spiro atoms. The number of hydrogen-bond donors (Lipinski definition) is 0. The minimum atomic E-state index is -0.472. The van der Waals surface area contributed by atoms with Gasteiger partial charge in [0.2, 0.25) is 0 Å². The van der Waals surface area contributed by atoms with Gasteiger partial charge in [0.25, 0.3) is 0 Å². The molecule has 0 aliphatic carbocycles. The molecule has 0 aliphatic rings. The van der Waals surface area contributed by atoms with E-state index in [1.165, 1.54) is 11.1 Å². The van der Waals surface area contributed by atoms with Crippen LogP contribution in [-0.4, -0.2) is 13.1 Å². The molecule has 0 amide bonds. The van der Waals surface area contributed by atoms with Gasteiger partial charge in [-0.1, -0.05) is 60.7 Å². The largest absolute Gasteiger partial charge is 0.677 e. The molecule has 0 heterocycles. The van der Waals surface area contributed by atoms with E-state index in [0.717, 1.165) is 12.8 Å². The SMILES string of the molecule is [Cl][Pt+2][Cl].[NH-]CCc1ccccc1.[NH-]CCc1ccccc1. The predicted octanol–water partition coefficient (Wildman–Crippen LogP) is 5.94. The van der Waals surface area contributed by atoms with Crippen LogP contribution in [0.25, 0.3) is 11.5 Å². The van der Waals surface area contributed by atoms with Gasteiger partial charge >= 0.3 is 35.3 Å². The summed E-state index contributed by atoms with van der Waals surface area (Å²) < 4.78 is 0. The monoisotopic (exact) mass is 505 g/mol. The fourth-order valence-electron chi connectivity index (χ4n) is 1.58. The molecule has 2 N–H and O–H groups in total. The minimum absolute atomic E-state index is 0.472. The molecular formula is C16H20Cl2N2Pt. The third kappa shape index (κ3) is 13.0. The average Bonchev–Trinajstić information content (AvgIpc) is 2.52. The zero-order valence-corrected chi connectivity index (χ0v) is 15.5. The van der Waals surface area contributed by atoms with Crippen LogP contribution in [0.2, 0.25) is 0 Å². The fraction of sp³-hybridized carbons (Fsp3) is 0.250. The number of rotatable bonds is 4. The van der Waals surface area contributed by atoms with Crippen molar-refractivity contribution in [2.24, 2.45) is 0 Å². The molecule has 2 aromatic rings. The van der Waals surface area contributed by atoms with Gasteiger partial charge < -0.3 is 11.5 Å². The molecule has 21 heavy (non-hydrogen) atoms. The molecule has 0 fully saturated rings. The zero-order chi connectivity index (χ0) is 15.8. The second-order valence-corrected chi connectivity index (χ2v) is 7.30. The van der Waals surface area contributed by atoms with Crippen LogP contribution < -0.4 is 0 Å². The van der Waals surface area contributed by atoms with Gasteiger partial charge in [0.15, 0.2) is 0 Å². The van der Waals surface area contributed by atoms with E-state index in [4.69, 9.17) is 30.3 Å². The number of hydrogen-bond acceptors (Lipinski definition) is 0.